The van der Waals surface area contributed by atoms with Crippen LogP contribution in [0.2, 0.25) is 0 Å². The summed E-state index contributed by atoms with van der Waals surface area (Å²) in [6, 6.07) is 0.904. The fourth-order valence-electron chi connectivity index (χ4n) is 2.11. The molecule has 2 heterocycles. The Labute approximate surface area is 62.6 Å². The van der Waals surface area contributed by atoms with Gasteiger partial charge in [-0.25, -0.2) is 0 Å². The van der Waals surface area contributed by atoms with Gasteiger partial charge in [-0.15, -0.1) is 0 Å². The minimum absolute atomic E-state index is 0.904. The van der Waals surface area contributed by atoms with Gasteiger partial charge < -0.3 is 10.2 Å². The van der Waals surface area contributed by atoms with E-state index >= 15 is 0 Å². The van der Waals surface area contributed by atoms with E-state index in [0.29, 0.717) is 0 Å². The molecule has 10 heavy (non-hydrogen) atoms. The Morgan fingerprint density at radius 3 is 2.60 bits per heavy atom. The fourth-order valence-corrected chi connectivity index (χ4v) is 2.11. The molecule has 0 aromatic carbocycles. The molecule has 1 N–H and O–H groups in total. The first-order chi connectivity index (χ1) is 4.88. The second-order valence-corrected chi connectivity index (χ2v) is 3.61. The van der Waals surface area contributed by atoms with E-state index in [1.54, 1.807) is 0 Å². The number of nitrogens with zero attached hydrogens (tertiary/aromatic N) is 1. The predicted octanol–water partition coefficient (Wildman–Crippen LogP) is 0.300. The summed E-state index contributed by atoms with van der Waals surface area (Å²) in [5, 5.41) is 3.33. The summed E-state index contributed by atoms with van der Waals surface area (Å²) in [5.74, 6) is 0.965. The fraction of sp³-hybridized carbons (Fsp3) is 1.00. The zero-order valence-corrected chi connectivity index (χ0v) is 6.64. The van der Waals surface area contributed by atoms with Gasteiger partial charge in [-0.2, -0.15) is 0 Å². The van der Waals surface area contributed by atoms with Crippen molar-refractivity contribution < 1.29 is 0 Å². The molecule has 0 spiro atoms. The van der Waals surface area contributed by atoms with E-state index in [1.807, 2.05) is 0 Å². The molecule has 58 valence electrons. The molecular weight excluding hydrogens is 124 g/mol. The van der Waals surface area contributed by atoms with E-state index in [-0.39, 0.29) is 0 Å². The molecule has 2 rings (SSSR count). The molecule has 2 aliphatic rings. The molecule has 0 bridgehead atoms. The topological polar surface area (TPSA) is 15.3 Å². The second kappa shape index (κ2) is 2.51. The van der Waals surface area contributed by atoms with Crippen molar-refractivity contribution in [1.82, 2.24) is 10.2 Å². The summed E-state index contributed by atoms with van der Waals surface area (Å²) in [6.07, 6.45) is 2.85. The summed E-state index contributed by atoms with van der Waals surface area (Å²) in [6.45, 7) is 3.84. The highest BCUT2D eigenvalue weighted by Crippen LogP contribution is 2.24. The van der Waals surface area contributed by atoms with E-state index in [4.69, 9.17) is 0 Å². The van der Waals surface area contributed by atoms with E-state index in [0.717, 1.165) is 12.0 Å². The van der Waals surface area contributed by atoms with Crippen LogP contribution in [0.4, 0.5) is 0 Å². The van der Waals surface area contributed by atoms with Crippen LogP contribution in [0.3, 0.4) is 0 Å². The SMILES string of the molecule is CN1CCCC1C1CNC1. The molecule has 2 saturated heterocycles. The first kappa shape index (κ1) is 6.62. The summed E-state index contributed by atoms with van der Waals surface area (Å²) >= 11 is 0. The van der Waals surface area contributed by atoms with Gasteiger partial charge in [0.2, 0.25) is 0 Å². The second-order valence-electron chi connectivity index (χ2n) is 3.61. The zero-order chi connectivity index (χ0) is 6.97. The standard InChI is InChI=1S/C8H16N2/c1-10-4-2-3-8(10)7-5-9-6-7/h7-9H,2-6H2,1H3. The highest BCUT2D eigenvalue weighted by Gasteiger charge is 2.32. The van der Waals surface area contributed by atoms with Crippen molar-refractivity contribution in [2.75, 3.05) is 26.7 Å². The molecule has 0 aliphatic carbocycles. The summed E-state index contributed by atoms with van der Waals surface area (Å²) in [5.41, 5.74) is 0. The molecule has 0 radical (unpaired) electrons. The highest BCUT2D eigenvalue weighted by molar-refractivity contribution is 4.90. The van der Waals surface area contributed by atoms with E-state index in [9.17, 15) is 0 Å². The average molecular weight is 140 g/mol. The smallest absolute Gasteiger partial charge is 0.0145 e. The van der Waals surface area contributed by atoms with Crippen LogP contribution in [-0.4, -0.2) is 37.6 Å². The molecule has 0 amide bonds. The summed E-state index contributed by atoms with van der Waals surface area (Å²) in [7, 11) is 2.26. The first-order valence-corrected chi connectivity index (χ1v) is 4.29. The number of rotatable bonds is 1. The molecule has 2 heteroatoms. The van der Waals surface area contributed by atoms with E-state index < -0.39 is 0 Å². The van der Waals surface area contributed by atoms with Crippen LogP contribution >= 0.6 is 0 Å². The van der Waals surface area contributed by atoms with Crippen LogP contribution in [0.5, 0.6) is 0 Å². The highest BCUT2D eigenvalue weighted by atomic mass is 15.2. The van der Waals surface area contributed by atoms with Gasteiger partial charge in [-0.1, -0.05) is 0 Å². The molecule has 0 aromatic heterocycles. The Bertz CT molecular complexity index is 120. The maximum Gasteiger partial charge on any atom is 0.0145 e. The molecule has 2 aliphatic heterocycles. The van der Waals surface area contributed by atoms with Crippen LogP contribution in [0.25, 0.3) is 0 Å². The Balaban J connectivity index is 1.90. The maximum atomic E-state index is 3.33. The maximum absolute atomic E-state index is 3.33. The van der Waals surface area contributed by atoms with Crippen molar-refractivity contribution in [1.29, 1.82) is 0 Å². The molecule has 0 aromatic rings. The lowest BCUT2D eigenvalue weighted by atomic mass is 9.92. The van der Waals surface area contributed by atoms with Gasteiger partial charge in [0.15, 0.2) is 0 Å². The number of nitrogens with one attached hydrogen (secondary N) is 1. The molecule has 2 fully saturated rings. The Morgan fingerprint density at radius 2 is 2.20 bits per heavy atom. The van der Waals surface area contributed by atoms with E-state index in [1.165, 1.54) is 32.5 Å². The monoisotopic (exact) mass is 140 g/mol. The minimum atomic E-state index is 0.904. The van der Waals surface area contributed by atoms with Crippen LogP contribution in [0.15, 0.2) is 0 Å². The Hall–Kier alpha value is -0.0800. The Morgan fingerprint density at radius 1 is 1.40 bits per heavy atom. The minimum Gasteiger partial charge on any atom is -0.316 e. The lowest BCUT2D eigenvalue weighted by Gasteiger charge is -2.36. The van der Waals surface area contributed by atoms with Crippen molar-refractivity contribution in [3.05, 3.63) is 0 Å². The summed E-state index contributed by atoms with van der Waals surface area (Å²) < 4.78 is 0. The van der Waals surface area contributed by atoms with Crippen molar-refractivity contribution in [3.63, 3.8) is 0 Å². The van der Waals surface area contributed by atoms with Crippen LogP contribution in [0, 0.1) is 5.92 Å². The average Bonchev–Trinajstić information content (AvgIpc) is 2.12. The van der Waals surface area contributed by atoms with Gasteiger partial charge >= 0.3 is 0 Å². The molecule has 1 atom stereocenters. The third-order valence-electron chi connectivity index (χ3n) is 2.93. The third kappa shape index (κ3) is 0.956. The van der Waals surface area contributed by atoms with Crippen molar-refractivity contribution in [2.45, 2.75) is 18.9 Å². The van der Waals surface area contributed by atoms with Crippen LogP contribution in [-0.2, 0) is 0 Å². The Kier molecular flexibility index (Phi) is 1.66. The van der Waals surface area contributed by atoms with Crippen LogP contribution < -0.4 is 5.32 Å². The van der Waals surface area contributed by atoms with Crippen molar-refractivity contribution >= 4 is 0 Å². The number of hydrogen-bond donors (Lipinski definition) is 1. The van der Waals surface area contributed by atoms with Gasteiger partial charge in [0.25, 0.3) is 0 Å². The quantitative estimate of drug-likeness (QED) is 0.563. The molecule has 0 saturated carbocycles. The first-order valence-electron chi connectivity index (χ1n) is 4.29. The van der Waals surface area contributed by atoms with E-state index in [2.05, 4.69) is 17.3 Å². The van der Waals surface area contributed by atoms with Gasteiger partial charge in [0.05, 0.1) is 0 Å². The normalized spacial score (nSPS) is 36.3. The number of hydrogen-bond acceptors (Lipinski definition) is 2. The lowest BCUT2D eigenvalue weighted by Crippen LogP contribution is -2.51. The lowest BCUT2D eigenvalue weighted by molar-refractivity contribution is 0.174. The largest absolute Gasteiger partial charge is 0.316 e. The van der Waals surface area contributed by atoms with Gasteiger partial charge in [-0.3, -0.25) is 0 Å². The zero-order valence-electron chi connectivity index (χ0n) is 6.64. The van der Waals surface area contributed by atoms with Gasteiger partial charge in [0, 0.05) is 19.1 Å². The molecule has 2 nitrogen and oxygen atoms in total. The molecule has 1 unspecified atom stereocenters. The predicted molar refractivity (Wildman–Crippen MR) is 42.0 cm³/mol. The number of likely N-dealkylation sites (tertiary alicyclic amines) is 1. The third-order valence-corrected chi connectivity index (χ3v) is 2.93. The summed E-state index contributed by atoms with van der Waals surface area (Å²) in [4.78, 5) is 2.52. The van der Waals surface area contributed by atoms with Gasteiger partial charge in [0.1, 0.15) is 0 Å². The van der Waals surface area contributed by atoms with Crippen molar-refractivity contribution in [2.24, 2.45) is 5.92 Å². The van der Waals surface area contributed by atoms with Crippen LogP contribution in [0.1, 0.15) is 12.8 Å². The van der Waals surface area contributed by atoms with Crippen molar-refractivity contribution in [3.8, 4) is 0 Å². The van der Waals surface area contributed by atoms with Gasteiger partial charge in [-0.05, 0) is 32.4 Å². The molecular formula is C8H16N2.